The molecule has 0 aliphatic carbocycles. The summed E-state index contributed by atoms with van der Waals surface area (Å²) in [7, 11) is 1.79. The maximum absolute atomic E-state index is 13.4. The van der Waals surface area contributed by atoms with Gasteiger partial charge in [0.2, 0.25) is 5.75 Å². The Bertz CT molecular complexity index is 679. The van der Waals surface area contributed by atoms with E-state index in [1.54, 1.807) is 19.2 Å². The minimum Gasteiger partial charge on any atom is -0.450 e. The quantitative estimate of drug-likeness (QED) is 0.650. The Morgan fingerprint density at radius 2 is 2.05 bits per heavy atom. The molecule has 2 aromatic rings. The molecule has 0 unspecified atom stereocenters. The van der Waals surface area contributed by atoms with Gasteiger partial charge in [-0.15, -0.1) is 0 Å². The maximum Gasteiger partial charge on any atom is 0.314 e. The highest BCUT2D eigenvalue weighted by Gasteiger charge is 2.20. The number of nitro benzene ring substituents is 1. The van der Waals surface area contributed by atoms with E-state index in [4.69, 9.17) is 4.74 Å². The third kappa shape index (κ3) is 3.56. The maximum atomic E-state index is 13.4. The fourth-order valence-electron chi connectivity index (χ4n) is 1.80. The van der Waals surface area contributed by atoms with Crippen LogP contribution < -0.4 is 10.1 Å². The molecule has 1 N–H and O–H groups in total. The van der Waals surface area contributed by atoms with Gasteiger partial charge in [0.25, 0.3) is 0 Å². The van der Waals surface area contributed by atoms with Crippen molar-refractivity contribution >= 4 is 21.6 Å². The molecule has 110 valence electrons. The van der Waals surface area contributed by atoms with Gasteiger partial charge in [-0.05, 0) is 29.0 Å². The number of nitro groups is 1. The summed E-state index contributed by atoms with van der Waals surface area (Å²) in [5, 5.41) is 14.0. The summed E-state index contributed by atoms with van der Waals surface area (Å²) in [6.07, 6.45) is 0. The minimum atomic E-state index is -0.711. The first-order valence-corrected chi connectivity index (χ1v) is 6.86. The van der Waals surface area contributed by atoms with Crippen LogP contribution in [0.25, 0.3) is 0 Å². The molecule has 0 saturated heterocycles. The molecular formula is C14H12BrFN2O3. The van der Waals surface area contributed by atoms with Crippen molar-refractivity contribution in [3.8, 4) is 11.5 Å². The van der Waals surface area contributed by atoms with Crippen molar-refractivity contribution in [1.29, 1.82) is 0 Å². The van der Waals surface area contributed by atoms with Crippen molar-refractivity contribution in [3.63, 3.8) is 0 Å². The molecule has 2 rings (SSSR count). The summed E-state index contributed by atoms with van der Waals surface area (Å²) in [6, 6.07) is 9.24. The molecule has 0 aliphatic heterocycles. The summed E-state index contributed by atoms with van der Waals surface area (Å²) < 4.78 is 19.2. The zero-order valence-corrected chi connectivity index (χ0v) is 12.7. The topological polar surface area (TPSA) is 64.4 Å². The lowest BCUT2D eigenvalue weighted by Gasteiger charge is -2.11. The van der Waals surface area contributed by atoms with E-state index < -0.39 is 16.4 Å². The van der Waals surface area contributed by atoms with E-state index in [0.717, 1.165) is 11.6 Å². The van der Waals surface area contributed by atoms with Gasteiger partial charge in [-0.1, -0.05) is 18.2 Å². The predicted molar refractivity (Wildman–Crippen MR) is 80.0 cm³/mol. The lowest BCUT2D eigenvalue weighted by atomic mass is 10.2. The molecule has 21 heavy (non-hydrogen) atoms. The van der Waals surface area contributed by atoms with Gasteiger partial charge in [-0.25, -0.2) is 4.39 Å². The monoisotopic (exact) mass is 354 g/mol. The van der Waals surface area contributed by atoms with Crippen molar-refractivity contribution < 1.29 is 14.1 Å². The zero-order valence-electron chi connectivity index (χ0n) is 11.1. The standard InChI is InChI=1S/C14H12BrFN2O3/c1-17-8-9-4-2-3-5-13(9)21-14-6-10(15)11(16)7-12(14)18(19)20/h2-7,17H,8H2,1H3. The van der Waals surface area contributed by atoms with Crippen LogP contribution in [0.3, 0.4) is 0 Å². The van der Waals surface area contributed by atoms with E-state index in [2.05, 4.69) is 21.2 Å². The fraction of sp³-hybridized carbons (Fsp3) is 0.143. The number of hydrogen-bond donors (Lipinski definition) is 1. The lowest BCUT2D eigenvalue weighted by molar-refractivity contribution is -0.385. The Morgan fingerprint density at radius 3 is 2.71 bits per heavy atom. The van der Waals surface area contributed by atoms with Gasteiger partial charge in [0.15, 0.2) is 0 Å². The van der Waals surface area contributed by atoms with Gasteiger partial charge < -0.3 is 10.1 Å². The number of benzene rings is 2. The number of para-hydroxylation sites is 1. The van der Waals surface area contributed by atoms with Crippen LogP contribution in [0.15, 0.2) is 40.9 Å². The molecule has 0 aromatic heterocycles. The smallest absolute Gasteiger partial charge is 0.314 e. The second kappa shape index (κ2) is 6.64. The van der Waals surface area contributed by atoms with Crippen LogP contribution in [-0.2, 0) is 6.54 Å². The van der Waals surface area contributed by atoms with Gasteiger partial charge in [0.1, 0.15) is 11.6 Å². The van der Waals surface area contributed by atoms with Crippen molar-refractivity contribution in [2.75, 3.05) is 7.05 Å². The van der Waals surface area contributed by atoms with Gasteiger partial charge in [-0.3, -0.25) is 10.1 Å². The van der Waals surface area contributed by atoms with Crippen LogP contribution in [0, 0.1) is 15.9 Å². The van der Waals surface area contributed by atoms with Crippen LogP contribution in [0.1, 0.15) is 5.56 Å². The molecule has 0 aliphatic rings. The van der Waals surface area contributed by atoms with Crippen molar-refractivity contribution in [2.24, 2.45) is 0 Å². The summed E-state index contributed by atoms with van der Waals surface area (Å²) in [4.78, 5) is 10.3. The number of rotatable bonds is 5. The molecule has 0 fully saturated rings. The third-order valence-corrected chi connectivity index (χ3v) is 3.37. The Kier molecular flexibility index (Phi) is 4.87. The third-order valence-electron chi connectivity index (χ3n) is 2.76. The number of halogens is 2. The Hall–Kier alpha value is -1.99. The van der Waals surface area contributed by atoms with Gasteiger partial charge in [0, 0.05) is 18.2 Å². The van der Waals surface area contributed by atoms with Crippen LogP contribution in [0.4, 0.5) is 10.1 Å². The van der Waals surface area contributed by atoms with Crippen molar-refractivity contribution in [1.82, 2.24) is 5.32 Å². The normalized spacial score (nSPS) is 10.4. The first-order chi connectivity index (χ1) is 10.0. The average Bonchev–Trinajstić information content (AvgIpc) is 2.44. The average molecular weight is 355 g/mol. The molecule has 0 spiro atoms. The number of hydrogen-bond acceptors (Lipinski definition) is 4. The van der Waals surface area contributed by atoms with E-state index in [-0.39, 0.29) is 10.2 Å². The van der Waals surface area contributed by atoms with Crippen LogP contribution in [0.5, 0.6) is 11.5 Å². The Balaban J connectivity index is 2.44. The van der Waals surface area contributed by atoms with Crippen LogP contribution in [0.2, 0.25) is 0 Å². The molecule has 0 atom stereocenters. The fourth-order valence-corrected chi connectivity index (χ4v) is 2.12. The van der Waals surface area contributed by atoms with Crippen LogP contribution in [-0.4, -0.2) is 12.0 Å². The minimum absolute atomic E-state index is 0.0168. The number of ether oxygens (including phenoxy) is 1. The van der Waals surface area contributed by atoms with E-state index in [1.807, 2.05) is 12.1 Å². The van der Waals surface area contributed by atoms with E-state index in [9.17, 15) is 14.5 Å². The molecule has 0 amide bonds. The largest absolute Gasteiger partial charge is 0.450 e. The zero-order chi connectivity index (χ0) is 15.4. The molecular weight excluding hydrogens is 343 g/mol. The summed E-state index contributed by atoms with van der Waals surface area (Å²) >= 11 is 3.00. The SMILES string of the molecule is CNCc1ccccc1Oc1cc(Br)c(F)cc1[N+](=O)[O-]. The molecule has 0 radical (unpaired) electrons. The summed E-state index contributed by atoms with van der Waals surface area (Å²) in [5.74, 6) is -0.247. The summed E-state index contributed by atoms with van der Waals surface area (Å²) in [6.45, 7) is 0.548. The van der Waals surface area contributed by atoms with E-state index in [0.29, 0.717) is 12.3 Å². The molecule has 0 saturated carbocycles. The highest BCUT2D eigenvalue weighted by molar-refractivity contribution is 9.10. The molecule has 0 bridgehead atoms. The summed E-state index contributed by atoms with van der Waals surface area (Å²) in [5.41, 5.74) is 0.421. The number of nitrogens with zero attached hydrogens (tertiary/aromatic N) is 1. The molecule has 5 nitrogen and oxygen atoms in total. The van der Waals surface area contributed by atoms with E-state index >= 15 is 0 Å². The molecule has 7 heteroatoms. The van der Waals surface area contributed by atoms with Crippen molar-refractivity contribution in [2.45, 2.75) is 6.54 Å². The lowest BCUT2D eigenvalue weighted by Crippen LogP contribution is -2.06. The second-order valence-electron chi connectivity index (χ2n) is 4.23. The van der Waals surface area contributed by atoms with Gasteiger partial charge >= 0.3 is 5.69 Å². The first-order valence-electron chi connectivity index (χ1n) is 6.06. The van der Waals surface area contributed by atoms with Gasteiger partial charge in [-0.2, -0.15) is 0 Å². The van der Waals surface area contributed by atoms with Gasteiger partial charge in [0.05, 0.1) is 15.5 Å². The Morgan fingerprint density at radius 1 is 1.33 bits per heavy atom. The van der Waals surface area contributed by atoms with Crippen molar-refractivity contribution in [3.05, 3.63) is 62.4 Å². The second-order valence-corrected chi connectivity index (χ2v) is 5.09. The Labute approximate surface area is 129 Å². The first kappa shape index (κ1) is 15.4. The van der Waals surface area contributed by atoms with E-state index in [1.165, 1.54) is 6.07 Å². The highest BCUT2D eigenvalue weighted by atomic mass is 79.9. The highest BCUT2D eigenvalue weighted by Crippen LogP contribution is 2.36. The molecule has 2 aromatic carbocycles. The number of nitrogens with one attached hydrogen (secondary N) is 1. The molecule has 0 heterocycles. The van der Waals surface area contributed by atoms with Crippen LogP contribution >= 0.6 is 15.9 Å². The predicted octanol–water partition coefficient (Wildman–Crippen LogP) is 4.01.